The quantitative estimate of drug-likeness (QED) is 0.745. The van der Waals surface area contributed by atoms with Gasteiger partial charge in [-0.1, -0.05) is 37.3 Å². The van der Waals surface area contributed by atoms with Crippen LogP contribution in [0.15, 0.2) is 30.3 Å². The van der Waals surface area contributed by atoms with Crippen LogP contribution < -0.4 is 0 Å². The maximum atomic E-state index is 12.9. The molecular formula is C16H16O2. The van der Waals surface area contributed by atoms with Crippen molar-refractivity contribution in [3.8, 4) is 0 Å². The van der Waals surface area contributed by atoms with Crippen molar-refractivity contribution < 1.29 is 9.59 Å². The number of rotatable bonds is 2. The molecule has 4 rings (SSSR count). The number of carbonyl (C=O) groups excluding carboxylic acids is 2. The van der Waals surface area contributed by atoms with E-state index in [1.807, 2.05) is 30.3 Å². The molecule has 1 aromatic rings. The van der Waals surface area contributed by atoms with E-state index in [2.05, 4.69) is 6.92 Å². The Hall–Kier alpha value is -1.44. The normalized spacial score (nSPS) is 43.9. The van der Waals surface area contributed by atoms with Crippen molar-refractivity contribution in [3.05, 3.63) is 35.9 Å². The van der Waals surface area contributed by atoms with E-state index in [0.29, 0.717) is 18.1 Å². The van der Waals surface area contributed by atoms with Crippen molar-refractivity contribution in [3.63, 3.8) is 0 Å². The smallest absolute Gasteiger partial charge is 0.170 e. The number of fused-ring (bicyclic) bond motifs is 1. The molecule has 3 aliphatic carbocycles. The molecule has 2 heteroatoms. The van der Waals surface area contributed by atoms with Crippen LogP contribution in [0.4, 0.5) is 0 Å². The first-order valence-corrected chi connectivity index (χ1v) is 6.74. The van der Waals surface area contributed by atoms with Crippen LogP contribution in [0.3, 0.4) is 0 Å². The van der Waals surface area contributed by atoms with Gasteiger partial charge in [0.25, 0.3) is 0 Å². The molecule has 0 saturated heterocycles. The fraction of sp³-hybridized carbons (Fsp3) is 0.500. The molecule has 0 spiro atoms. The first-order chi connectivity index (χ1) is 8.61. The van der Waals surface area contributed by atoms with Crippen LogP contribution in [0.5, 0.6) is 0 Å². The number of hydrogen-bond donors (Lipinski definition) is 0. The molecule has 3 saturated carbocycles. The van der Waals surface area contributed by atoms with Crippen molar-refractivity contribution in [2.45, 2.75) is 26.2 Å². The van der Waals surface area contributed by atoms with Crippen LogP contribution in [-0.2, 0) is 4.79 Å². The summed E-state index contributed by atoms with van der Waals surface area (Å²) >= 11 is 0. The lowest BCUT2D eigenvalue weighted by Crippen LogP contribution is -2.31. The second-order valence-electron chi connectivity index (χ2n) is 6.39. The van der Waals surface area contributed by atoms with E-state index < -0.39 is 0 Å². The lowest BCUT2D eigenvalue weighted by molar-refractivity contribution is -0.119. The highest BCUT2D eigenvalue weighted by atomic mass is 16.1. The molecule has 2 nitrogen and oxygen atoms in total. The van der Waals surface area contributed by atoms with Gasteiger partial charge in [0.15, 0.2) is 5.78 Å². The molecule has 0 heterocycles. The Morgan fingerprint density at radius 2 is 2.00 bits per heavy atom. The molecule has 0 aromatic heterocycles. The van der Waals surface area contributed by atoms with Crippen LogP contribution in [0.1, 0.15) is 36.5 Å². The molecule has 3 fully saturated rings. The minimum Gasteiger partial charge on any atom is -0.299 e. The summed E-state index contributed by atoms with van der Waals surface area (Å²) in [6.45, 7) is 2.15. The highest BCUT2D eigenvalue weighted by Gasteiger charge is 2.85. The summed E-state index contributed by atoms with van der Waals surface area (Å²) in [4.78, 5) is 24.9. The van der Waals surface area contributed by atoms with E-state index in [1.54, 1.807) is 0 Å². The molecule has 4 atom stereocenters. The average molecular weight is 240 g/mol. The van der Waals surface area contributed by atoms with Crippen LogP contribution in [0.25, 0.3) is 0 Å². The predicted octanol–water partition coefficient (Wildman–Crippen LogP) is 2.87. The maximum Gasteiger partial charge on any atom is 0.170 e. The van der Waals surface area contributed by atoms with Crippen molar-refractivity contribution in [1.29, 1.82) is 0 Å². The second-order valence-corrected chi connectivity index (χ2v) is 6.39. The molecule has 0 amide bonds. The van der Waals surface area contributed by atoms with Gasteiger partial charge in [-0.2, -0.15) is 0 Å². The van der Waals surface area contributed by atoms with Gasteiger partial charge in [0.1, 0.15) is 5.78 Å². The first kappa shape index (κ1) is 10.5. The van der Waals surface area contributed by atoms with Gasteiger partial charge in [0.05, 0.1) is 5.41 Å². The van der Waals surface area contributed by atoms with E-state index in [9.17, 15) is 9.59 Å². The van der Waals surface area contributed by atoms with Gasteiger partial charge in [-0.3, -0.25) is 9.59 Å². The number of hydrogen-bond acceptors (Lipinski definition) is 2. The molecule has 0 bridgehead atoms. The summed E-state index contributed by atoms with van der Waals surface area (Å²) < 4.78 is 0. The minimum absolute atomic E-state index is 0.0453. The van der Waals surface area contributed by atoms with E-state index in [0.717, 1.165) is 18.4 Å². The summed E-state index contributed by atoms with van der Waals surface area (Å²) in [6, 6.07) is 9.51. The topological polar surface area (TPSA) is 34.1 Å². The van der Waals surface area contributed by atoms with E-state index in [-0.39, 0.29) is 22.5 Å². The van der Waals surface area contributed by atoms with Gasteiger partial charge in [-0.25, -0.2) is 0 Å². The number of carbonyl (C=O) groups is 2. The zero-order chi connectivity index (χ0) is 12.5. The Labute approximate surface area is 106 Å². The molecule has 92 valence electrons. The summed E-state index contributed by atoms with van der Waals surface area (Å²) in [5, 5.41) is 0. The highest BCUT2D eigenvalue weighted by molar-refractivity contribution is 6.11. The van der Waals surface area contributed by atoms with Gasteiger partial charge in [0, 0.05) is 17.9 Å². The maximum absolute atomic E-state index is 12.9. The zero-order valence-corrected chi connectivity index (χ0v) is 10.5. The predicted molar refractivity (Wildman–Crippen MR) is 67.2 cm³/mol. The monoisotopic (exact) mass is 240 g/mol. The van der Waals surface area contributed by atoms with E-state index >= 15 is 0 Å². The van der Waals surface area contributed by atoms with Crippen LogP contribution >= 0.6 is 0 Å². The average Bonchev–Trinajstić information content (AvgIpc) is 2.94. The fourth-order valence-electron chi connectivity index (χ4n) is 4.98. The SMILES string of the molecule is CC12CCC3C(C(=O)C1)C32C(=O)c1ccccc1. The molecule has 4 unspecified atom stereocenters. The van der Waals surface area contributed by atoms with Crippen molar-refractivity contribution >= 4 is 11.6 Å². The number of benzene rings is 1. The molecule has 1 aromatic carbocycles. The Bertz CT molecular complexity index is 562. The zero-order valence-electron chi connectivity index (χ0n) is 10.5. The molecule has 0 radical (unpaired) electrons. The molecule has 3 aliphatic rings. The van der Waals surface area contributed by atoms with Crippen LogP contribution in [-0.4, -0.2) is 11.6 Å². The third kappa shape index (κ3) is 0.899. The Morgan fingerprint density at radius 3 is 2.61 bits per heavy atom. The van der Waals surface area contributed by atoms with Gasteiger partial charge >= 0.3 is 0 Å². The summed E-state index contributed by atoms with van der Waals surface area (Å²) in [6.07, 6.45) is 2.72. The van der Waals surface area contributed by atoms with Crippen LogP contribution in [0.2, 0.25) is 0 Å². The summed E-state index contributed by atoms with van der Waals surface area (Å²) in [5.41, 5.74) is 0.394. The lowest BCUT2D eigenvalue weighted by Gasteiger charge is -2.29. The van der Waals surface area contributed by atoms with Gasteiger partial charge in [-0.15, -0.1) is 0 Å². The molecule has 18 heavy (non-hydrogen) atoms. The Balaban J connectivity index is 1.83. The third-order valence-corrected chi connectivity index (χ3v) is 5.70. The number of ketones is 2. The highest BCUT2D eigenvalue weighted by Crippen LogP contribution is 2.82. The lowest BCUT2D eigenvalue weighted by atomic mass is 9.72. The minimum atomic E-state index is -0.328. The number of Topliss-reactive ketones (excluding diaryl/α,β-unsaturated/α-hetero) is 2. The Kier molecular flexibility index (Phi) is 1.71. The third-order valence-electron chi connectivity index (χ3n) is 5.70. The van der Waals surface area contributed by atoms with E-state index in [4.69, 9.17) is 0 Å². The molecule has 0 aliphatic heterocycles. The van der Waals surface area contributed by atoms with E-state index in [1.165, 1.54) is 0 Å². The second kappa shape index (κ2) is 2.93. The van der Waals surface area contributed by atoms with Gasteiger partial charge in [0.2, 0.25) is 0 Å². The fourth-order valence-corrected chi connectivity index (χ4v) is 4.98. The summed E-state index contributed by atoms with van der Waals surface area (Å²) in [5.74, 6) is 0.952. The summed E-state index contributed by atoms with van der Waals surface area (Å²) in [7, 11) is 0. The van der Waals surface area contributed by atoms with Crippen molar-refractivity contribution in [1.82, 2.24) is 0 Å². The Morgan fingerprint density at radius 1 is 1.28 bits per heavy atom. The molecular weight excluding hydrogens is 224 g/mol. The largest absolute Gasteiger partial charge is 0.299 e. The van der Waals surface area contributed by atoms with Gasteiger partial charge < -0.3 is 0 Å². The van der Waals surface area contributed by atoms with Crippen molar-refractivity contribution in [2.24, 2.45) is 22.7 Å². The van der Waals surface area contributed by atoms with Crippen LogP contribution in [0, 0.1) is 22.7 Å². The van der Waals surface area contributed by atoms with Crippen molar-refractivity contribution in [2.75, 3.05) is 0 Å². The molecule has 0 N–H and O–H groups in total. The standard InChI is InChI=1S/C16H16O2/c1-15-8-7-11-13(12(17)9-15)16(11,15)14(18)10-5-3-2-4-6-10/h2-6,11,13H,7-9H2,1H3. The first-order valence-electron chi connectivity index (χ1n) is 6.74. The van der Waals surface area contributed by atoms with Gasteiger partial charge in [-0.05, 0) is 24.2 Å².